The van der Waals surface area contributed by atoms with Crippen LogP contribution in [0.15, 0.2) is 18.2 Å². The molecular formula is C16H11Cl2F2N3O. The van der Waals surface area contributed by atoms with Crippen LogP contribution in [0, 0.1) is 11.6 Å². The van der Waals surface area contributed by atoms with Gasteiger partial charge in [-0.2, -0.15) is 4.98 Å². The van der Waals surface area contributed by atoms with Crippen LogP contribution in [0.4, 0.5) is 20.3 Å². The van der Waals surface area contributed by atoms with Crippen molar-refractivity contribution in [2.75, 3.05) is 4.90 Å². The Morgan fingerprint density at radius 2 is 1.67 bits per heavy atom. The minimum Gasteiger partial charge on any atom is -0.273 e. The molecule has 24 heavy (non-hydrogen) atoms. The summed E-state index contributed by atoms with van der Waals surface area (Å²) in [5.41, 5.74) is -0.283. The molecule has 2 heterocycles. The first-order chi connectivity index (χ1) is 11.4. The Kier molecular flexibility index (Phi) is 3.51. The molecule has 0 saturated heterocycles. The molecule has 1 amide bonds. The molecule has 1 aromatic carbocycles. The van der Waals surface area contributed by atoms with Crippen LogP contribution in [-0.4, -0.2) is 15.9 Å². The quantitative estimate of drug-likeness (QED) is 0.547. The van der Waals surface area contributed by atoms with Gasteiger partial charge >= 0.3 is 0 Å². The van der Waals surface area contributed by atoms with Crippen molar-refractivity contribution in [3.8, 4) is 0 Å². The summed E-state index contributed by atoms with van der Waals surface area (Å²) in [6, 6.07) is 2.92. The van der Waals surface area contributed by atoms with Gasteiger partial charge in [0.1, 0.15) is 16.8 Å². The highest BCUT2D eigenvalue weighted by Gasteiger charge is 2.55. The fourth-order valence-corrected chi connectivity index (χ4v) is 4.29. The monoisotopic (exact) mass is 369 g/mol. The molecule has 0 unspecified atom stereocenters. The first-order valence-electron chi connectivity index (χ1n) is 7.46. The number of rotatable bonds is 1. The maximum absolute atomic E-state index is 13.6. The Bertz CT molecular complexity index is 848. The number of anilines is 2. The van der Waals surface area contributed by atoms with E-state index in [2.05, 4.69) is 9.97 Å². The summed E-state index contributed by atoms with van der Waals surface area (Å²) in [5.74, 6) is -1.65. The van der Waals surface area contributed by atoms with Gasteiger partial charge in [0, 0.05) is 11.6 Å². The summed E-state index contributed by atoms with van der Waals surface area (Å²) < 4.78 is 27.3. The van der Waals surface area contributed by atoms with Gasteiger partial charge < -0.3 is 0 Å². The zero-order chi connectivity index (χ0) is 17.1. The molecule has 4 rings (SSSR count). The maximum Gasteiger partial charge on any atom is 0.243 e. The number of halogens is 4. The van der Waals surface area contributed by atoms with Gasteiger partial charge in [0.25, 0.3) is 0 Å². The van der Waals surface area contributed by atoms with Crippen molar-refractivity contribution in [1.29, 1.82) is 0 Å². The van der Waals surface area contributed by atoms with E-state index in [4.69, 9.17) is 23.2 Å². The molecular weight excluding hydrogens is 359 g/mol. The Morgan fingerprint density at radius 3 is 2.29 bits per heavy atom. The van der Waals surface area contributed by atoms with E-state index in [-0.39, 0.29) is 27.8 Å². The highest BCUT2D eigenvalue weighted by Crippen LogP contribution is 2.54. The molecule has 2 aliphatic rings. The fraction of sp³-hybridized carbons (Fsp3) is 0.312. The molecule has 1 spiro atoms. The Morgan fingerprint density at radius 1 is 1.04 bits per heavy atom. The smallest absolute Gasteiger partial charge is 0.243 e. The van der Waals surface area contributed by atoms with Crippen LogP contribution in [0.5, 0.6) is 0 Å². The Balaban J connectivity index is 1.99. The second kappa shape index (κ2) is 5.36. The highest BCUT2D eigenvalue weighted by atomic mass is 35.5. The van der Waals surface area contributed by atoms with E-state index in [1.807, 2.05) is 0 Å². The molecule has 0 N–H and O–H groups in total. The molecule has 1 aromatic heterocycles. The lowest BCUT2D eigenvalue weighted by molar-refractivity contribution is -0.122. The third-order valence-corrected chi connectivity index (χ3v) is 5.13. The van der Waals surface area contributed by atoms with Gasteiger partial charge in [-0.1, -0.05) is 24.4 Å². The van der Waals surface area contributed by atoms with Crippen molar-refractivity contribution in [3.05, 3.63) is 45.8 Å². The molecule has 2 aromatic rings. The van der Waals surface area contributed by atoms with Gasteiger partial charge in [0.05, 0.1) is 11.1 Å². The Labute approximate surface area is 146 Å². The number of hydrogen-bond donors (Lipinski definition) is 0. The third-order valence-electron chi connectivity index (χ3n) is 4.68. The van der Waals surface area contributed by atoms with E-state index < -0.39 is 17.0 Å². The number of nitrogens with zero attached hydrogens (tertiary/aromatic N) is 3. The third kappa shape index (κ3) is 2.13. The number of hydrogen-bond acceptors (Lipinski definition) is 3. The standard InChI is InChI=1S/C16H11Cl2F2N3O/c17-12-11-13(22-15(18)21-12)23(10-6-8(19)5-9(20)7-10)14(24)16(11)3-1-2-4-16/h5-7H,1-4H2. The van der Waals surface area contributed by atoms with E-state index in [0.717, 1.165) is 31.0 Å². The molecule has 1 aliphatic carbocycles. The minimum atomic E-state index is -0.847. The molecule has 0 radical (unpaired) electrons. The zero-order valence-corrected chi connectivity index (χ0v) is 13.8. The topological polar surface area (TPSA) is 46.1 Å². The van der Waals surface area contributed by atoms with Crippen molar-refractivity contribution in [3.63, 3.8) is 0 Å². The van der Waals surface area contributed by atoms with Gasteiger partial charge in [0.15, 0.2) is 5.82 Å². The van der Waals surface area contributed by atoms with Gasteiger partial charge in [-0.15, -0.1) is 0 Å². The minimum absolute atomic E-state index is 0.0633. The van der Waals surface area contributed by atoms with Gasteiger partial charge in [-0.3, -0.25) is 9.69 Å². The second-order valence-corrected chi connectivity index (χ2v) is 6.74. The maximum atomic E-state index is 13.6. The SMILES string of the molecule is O=C1N(c2cc(F)cc(F)c2)c2nc(Cl)nc(Cl)c2C12CCCC2. The van der Waals surface area contributed by atoms with E-state index in [9.17, 15) is 13.6 Å². The summed E-state index contributed by atoms with van der Waals surface area (Å²) in [4.78, 5) is 22.5. The number of carbonyl (C=O) groups excluding carboxylic acids is 1. The average Bonchev–Trinajstić information content (AvgIpc) is 3.04. The summed E-state index contributed by atoms with van der Waals surface area (Å²) in [6.45, 7) is 0. The predicted octanol–water partition coefficient (Wildman–Crippen LogP) is 4.55. The number of amides is 1. The number of benzene rings is 1. The van der Waals surface area contributed by atoms with Crippen LogP contribution in [0.3, 0.4) is 0 Å². The summed E-state index contributed by atoms with van der Waals surface area (Å²) in [7, 11) is 0. The highest BCUT2D eigenvalue weighted by molar-refractivity contribution is 6.34. The average molecular weight is 370 g/mol. The van der Waals surface area contributed by atoms with Crippen molar-refractivity contribution < 1.29 is 13.6 Å². The van der Waals surface area contributed by atoms with Gasteiger partial charge in [-0.05, 0) is 36.6 Å². The molecule has 8 heteroatoms. The van der Waals surface area contributed by atoms with E-state index >= 15 is 0 Å². The van der Waals surface area contributed by atoms with E-state index in [1.54, 1.807) is 0 Å². The predicted molar refractivity (Wildman–Crippen MR) is 85.7 cm³/mol. The molecule has 0 bridgehead atoms. The summed E-state index contributed by atoms with van der Waals surface area (Å²) >= 11 is 12.2. The van der Waals surface area contributed by atoms with Crippen molar-refractivity contribution >= 4 is 40.6 Å². The first-order valence-corrected chi connectivity index (χ1v) is 8.22. The van der Waals surface area contributed by atoms with Crippen LogP contribution < -0.4 is 4.90 Å². The van der Waals surface area contributed by atoms with Crippen molar-refractivity contribution in [1.82, 2.24) is 9.97 Å². The van der Waals surface area contributed by atoms with E-state index in [0.29, 0.717) is 18.4 Å². The number of carbonyl (C=O) groups is 1. The number of fused-ring (bicyclic) bond motifs is 2. The molecule has 4 nitrogen and oxygen atoms in total. The molecule has 1 saturated carbocycles. The molecule has 124 valence electrons. The van der Waals surface area contributed by atoms with E-state index in [1.165, 1.54) is 4.90 Å². The first kappa shape index (κ1) is 15.7. The van der Waals surface area contributed by atoms with Crippen LogP contribution in [0.1, 0.15) is 31.2 Å². The zero-order valence-electron chi connectivity index (χ0n) is 12.3. The lowest BCUT2D eigenvalue weighted by Crippen LogP contribution is -2.36. The Hall–Kier alpha value is -1.79. The lowest BCUT2D eigenvalue weighted by atomic mass is 9.81. The fourth-order valence-electron chi connectivity index (χ4n) is 3.74. The summed E-state index contributed by atoms with van der Waals surface area (Å²) in [6.07, 6.45) is 2.90. The van der Waals surface area contributed by atoms with Gasteiger partial charge in [0.2, 0.25) is 11.2 Å². The van der Waals surface area contributed by atoms with Crippen LogP contribution in [0.25, 0.3) is 0 Å². The largest absolute Gasteiger partial charge is 0.273 e. The van der Waals surface area contributed by atoms with Crippen LogP contribution in [0.2, 0.25) is 10.4 Å². The molecule has 1 aliphatic heterocycles. The number of aromatic nitrogens is 2. The molecule has 1 fully saturated rings. The summed E-state index contributed by atoms with van der Waals surface area (Å²) in [5, 5.41) is -0.0110. The van der Waals surface area contributed by atoms with Gasteiger partial charge in [-0.25, -0.2) is 13.8 Å². The van der Waals surface area contributed by atoms with Crippen LogP contribution >= 0.6 is 23.2 Å². The van der Waals surface area contributed by atoms with Crippen molar-refractivity contribution in [2.45, 2.75) is 31.1 Å². The second-order valence-electron chi connectivity index (χ2n) is 6.04. The van der Waals surface area contributed by atoms with Crippen LogP contribution in [-0.2, 0) is 10.2 Å². The van der Waals surface area contributed by atoms with Crippen molar-refractivity contribution in [2.24, 2.45) is 0 Å². The normalized spacial score (nSPS) is 18.5. The molecule has 0 atom stereocenters. The lowest BCUT2D eigenvalue weighted by Gasteiger charge is -2.23.